The van der Waals surface area contributed by atoms with Crippen molar-refractivity contribution in [3.8, 4) is 6.07 Å². The van der Waals surface area contributed by atoms with Crippen LogP contribution in [0.1, 0.15) is 93.9 Å². The number of Topliss-reactive ketones (excluding diaryl/α,β-unsaturated/α-hetero) is 1. The summed E-state index contributed by atoms with van der Waals surface area (Å²) in [4.78, 5) is 41.0. The van der Waals surface area contributed by atoms with Gasteiger partial charge in [0, 0.05) is 22.7 Å². The number of hydrogen-bond acceptors (Lipinski definition) is 6. The summed E-state index contributed by atoms with van der Waals surface area (Å²) < 4.78 is 6.35. The topological polar surface area (TPSA) is 104 Å². The third-order valence-electron chi connectivity index (χ3n) is 11.9. The SMILES string of the molecule is CC1[C@]2(CCC(C)(C)C)CC[C@@]3(C)[C@]4(C)CCC5[C@](C)(O)C(=O)C(C#N)=C[C@]5(C)C4=CC(=O)[C@]13OC2=O. The number of ketones is 2. The molecule has 5 aliphatic rings. The molecular weight excluding hydrogens is 466 g/mol. The number of nitrogens with zero attached hydrogens (tertiary/aromatic N) is 1. The van der Waals surface area contributed by atoms with Crippen LogP contribution < -0.4 is 0 Å². The van der Waals surface area contributed by atoms with E-state index in [1.165, 1.54) is 6.92 Å². The van der Waals surface area contributed by atoms with Crippen LogP contribution >= 0.6 is 0 Å². The van der Waals surface area contributed by atoms with Crippen molar-refractivity contribution in [3.63, 3.8) is 0 Å². The highest BCUT2D eigenvalue weighted by molar-refractivity contribution is 6.07. The first-order valence-corrected chi connectivity index (χ1v) is 13.8. The van der Waals surface area contributed by atoms with Gasteiger partial charge in [0.25, 0.3) is 0 Å². The molecule has 200 valence electrons. The minimum absolute atomic E-state index is 0.0581. The number of ether oxygens (including phenoxy) is 1. The molecule has 2 unspecified atom stereocenters. The van der Waals surface area contributed by atoms with Gasteiger partial charge in [0.05, 0.1) is 11.0 Å². The van der Waals surface area contributed by atoms with Crippen molar-refractivity contribution in [2.45, 2.75) is 105 Å². The highest BCUT2D eigenvalue weighted by Crippen LogP contribution is 2.76. The number of carbonyl (C=O) groups is 3. The number of rotatable bonds is 2. The molecule has 0 aromatic heterocycles. The van der Waals surface area contributed by atoms with Gasteiger partial charge in [0.15, 0.2) is 11.4 Å². The van der Waals surface area contributed by atoms with Gasteiger partial charge in [-0.05, 0) is 67.9 Å². The van der Waals surface area contributed by atoms with E-state index in [4.69, 9.17) is 4.74 Å². The maximum absolute atomic E-state index is 14.3. The Hall–Kier alpha value is -2.26. The zero-order valence-corrected chi connectivity index (χ0v) is 23.6. The first-order chi connectivity index (χ1) is 16.9. The average molecular weight is 508 g/mol. The molecule has 1 N–H and O–H groups in total. The molecule has 4 aliphatic carbocycles. The molecule has 1 saturated heterocycles. The van der Waals surface area contributed by atoms with Crippen molar-refractivity contribution in [2.75, 3.05) is 0 Å². The Labute approximate surface area is 220 Å². The highest BCUT2D eigenvalue weighted by atomic mass is 16.6. The summed E-state index contributed by atoms with van der Waals surface area (Å²) in [6.07, 6.45) is 7.50. The first kappa shape index (κ1) is 26.4. The summed E-state index contributed by atoms with van der Waals surface area (Å²) in [5, 5.41) is 21.1. The number of fused-ring (bicyclic) bond motifs is 5. The first-order valence-electron chi connectivity index (χ1n) is 13.8. The van der Waals surface area contributed by atoms with E-state index in [0.717, 1.165) is 12.0 Å². The van der Waals surface area contributed by atoms with Gasteiger partial charge in [-0.25, -0.2) is 0 Å². The Kier molecular flexibility index (Phi) is 5.15. The lowest BCUT2D eigenvalue weighted by atomic mass is 9.35. The van der Waals surface area contributed by atoms with Gasteiger partial charge in [0.2, 0.25) is 5.78 Å². The van der Waals surface area contributed by atoms with E-state index < -0.39 is 44.6 Å². The Morgan fingerprint density at radius 2 is 1.76 bits per heavy atom. The molecule has 8 atom stereocenters. The van der Waals surface area contributed by atoms with E-state index in [2.05, 4.69) is 34.6 Å². The van der Waals surface area contributed by atoms with Crippen LogP contribution in [0, 0.1) is 50.2 Å². The molecule has 6 heteroatoms. The van der Waals surface area contributed by atoms with Crippen LogP contribution in [-0.4, -0.2) is 33.8 Å². The van der Waals surface area contributed by atoms with E-state index in [-0.39, 0.29) is 28.7 Å². The van der Waals surface area contributed by atoms with Crippen molar-refractivity contribution in [1.82, 2.24) is 0 Å². The van der Waals surface area contributed by atoms with E-state index in [0.29, 0.717) is 32.1 Å². The highest BCUT2D eigenvalue weighted by Gasteiger charge is 2.80. The Bertz CT molecular complexity index is 1230. The van der Waals surface area contributed by atoms with Gasteiger partial charge in [-0.15, -0.1) is 0 Å². The van der Waals surface area contributed by atoms with Crippen molar-refractivity contribution in [1.29, 1.82) is 5.26 Å². The Balaban J connectivity index is 1.69. The second-order valence-electron chi connectivity index (χ2n) is 14.7. The number of nitriles is 1. The van der Waals surface area contributed by atoms with Gasteiger partial charge in [-0.1, -0.05) is 54.5 Å². The van der Waals surface area contributed by atoms with Gasteiger partial charge < -0.3 is 9.84 Å². The molecule has 0 aromatic carbocycles. The standard InChI is InChI=1S/C31H41NO5/c1-18-30(13-11-25(2,3)4)14-12-28(7)27(6)10-9-20-26(5,16-19(17-32)23(34)29(20,8)36)21(27)15-22(33)31(18,28)37-24(30)35/h15-16,18,20,36H,9-14H2,1-8H3/t18?,20?,26-,27+,28-,29-,30-,31+/m0/s1. The number of allylic oxidation sites excluding steroid dienone is 2. The van der Waals surface area contributed by atoms with Crippen LogP contribution in [0.4, 0.5) is 0 Å². The zero-order chi connectivity index (χ0) is 27.6. The zero-order valence-electron chi connectivity index (χ0n) is 23.6. The van der Waals surface area contributed by atoms with Crippen LogP contribution in [0.25, 0.3) is 0 Å². The van der Waals surface area contributed by atoms with Crippen molar-refractivity contribution >= 4 is 17.5 Å². The Morgan fingerprint density at radius 3 is 2.35 bits per heavy atom. The van der Waals surface area contributed by atoms with Crippen molar-refractivity contribution in [2.24, 2.45) is 38.9 Å². The fourth-order valence-corrected chi connectivity index (χ4v) is 9.43. The maximum atomic E-state index is 14.3. The summed E-state index contributed by atoms with van der Waals surface area (Å²) in [6.45, 7) is 16.3. The number of aliphatic hydroxyl groups is 1. The predicted molar refractivity (Wildman–Crippen MR) is 138 cm³/mol. The lowest BCUT2D eigenvalue weighted by Gasteiger charge is -2.67. The fraction of sp³-hybridized carbons (Fsp3) is 0.742. The van der Waals surface area contributed by atoms with E-state index >= 15 is 0 Å². The summed E-state index contributed by atoms with van der Waals surface area (Å²) in [5.41, 5.74) is -4.76. The molecule has 0 aromatic rings. The molecule has 2 saturated carbocycles. The Morgan fingerprint density at radius 1 is 1.11 bits per heavy atom. The summed E-state index contributed by atoms with van der Waals surface area (Å²) in [5.74, 6) is -1.69. The third kappa shape index (κ3) is 2.82. The minimum Gasteiger partial charge on any atom is -0.449 e. The van der Waals surface area contributed by atoms with Gasteiger partial charge in [-0.3, -0.25) is 14.4 Å². The number of hydrogen-bond donors (Lipinski definition) is 1. The average Bonchev–Trinajstić information content (AvgIpc) is 2.94. The van der Waals surface area contributed by atoms with Crippen molar-refractivity contribution < 1.29 is 24.2 Å². The second kappa shape index (κ2) is 7.23. The van der Waals surface area contributed by atoms with Gasteiger partial charge in [-0.2, -0.15) is 5.26 Å². The molecule has 2 bridgehead atoms. The molecule has 1 heterocycles. The van der Waals surface area contributed by atoms with Crippen LogP contribution in [0.3, 0.4) is 0 Å². The van der Waals surface area contributed by atoms with Crippen LogP contribution in [-0.2, 0) is 19.1 Å². The van der Waals surface area contributed by atoms with E-state index in [9.17, 15) is 24.8 Å². The normalized spacial score (nSPS) is 48.7. The lowest BCUT2D eigenvalue weighted by molar-refractivity contribution is -0.201. The van der Waals surface area contributed by atoms with Crippen LogP contribution in [0.15, 0.2) is 23.3 Å². The largest absolute Gasteiger partial charge is 0.449 e. The predicted octanol–water partition coefficient (Wildman–Crippen LogP) is 5.25. The van der Waals surface area contributed by atoms with Crippen LogP contribution in [0.5, 0.6) is 0 Å². The molecule has 5 rings (SSSR count). The monoisotopic (exact) mass is 507 g/mol. The maximum Gasteiger partial charge on any atom is 0.313 e. The van der Waals surface area contributed by atoms with Gasteiger partial charge >= 0.3 is 5.97 Å². The number of esters is 1. The minimum atomic E-state index is -1.70. The smallest absolute Gasteiger partial charge is 0.313 e. The molecule has 1 aliphatic heterocycles. The van der Waals surface area contributed by atoms with E-state index in [1.54, 1.807) is 12.2 Å². The van der Waals surface area contributed by atoms with Crippen molar-refractivity contribution in [3.05, 3.63) is 23.3 Å². The summed E-state index contributed by atoms with van der Waals surface area (Å²) in [7, 11) is 0. The quantitative estimate of drug-likeness (QED) is 0.512. The molecule has 3 fully saturated rings. The summed E-state index contributed by atoms with van der Waals surface area (Å²) >= 11 is 0. The molecule has 1 spiro atoms. The molecular formula is C31H41NO5. The summed E-state index contributed by atoms with van der Waals surface area (Å²) in [6, 6.07) is 1.99. The van der Waals surface area contributed by atoms with Crippen LogP contribution in [0.2, 0.25) is 0 Å². The molecule has 0 radical (unpaired) electrons. The van der Waals surface area contributed by atoms with E-state index in [1.807, 2.05) is 19.9 Å². The molecule has 0 amide bonds. The second-order valence-corrected chi connectivity index (χ2v) is 14.7. The third-order valence-corrected chi connectivity index (χ3v) is 11.9. The molecule has 6 nitrogen and oxygen atoms in total. The lowest BCUT2D eigenvalue weighted by Crippen LogP contribution is -2.71. The fourth-order valence-electron chi connectivity index (χ4n) is 9.43. The number of carbonyl (C=O) groups excluding carboxylic acids is 3. The van der Waals surface area contributed by atoms with Gasteiger partial charge in [0.1, 0.15) is 11.7 Å². The molecule has 37 heavy (non-hydrogen) atoms.